The Balaban J connectivity index is -0.000000180. The van der Waals surface area contributed by atoms with Crippen molar-refractivity contribution in [2.75, 3.05) is 0 Å². The SMILES string of the molecule is O=C(O)C(F)(F)F.[Ag+].[CH3-]. The summed E-state index contributed by atoms with van der Waals surface area (Å²) < 4.78 is 31.7. The number of carbonyl (C=O) groups is 1. The van der Waals surface area contributed by atoms with Crippen LogP contribution in [0.4, 0.5) is 13.2 Å². The first kappa shape index (κ1) is 16.0. The molecule has 9 heavy (non-hydrogen) atoms. The zero-order valence-corrected chi connectivity index (χ0v) is 5.77. The van der Waals surface area contributed by atoms with E-state index in [1.165, 1.54) is 0 Å². The molecule has 2 nitrogen and oxygen atoms in total. The normalized spacial score (nSPS) is 8.78. The second-order valence-corrected chi connectivity index (χ2v) is 0.803. The van der Waals surface area contributed by atoms with Crippen LogP contribution in [0.25, 0.3) is 0 Å². The van der Waals surface area contributed by atoms with Gasteiger partial charge in [-0.2, -0.15) is 13.2 Å². The largest absolute Gasteiger partial charge is 1.00 e. The fraction of sp³-hybridized carbons (Fsp3) is 0.333. The summed E-state index contributed by atoms with van der Waals surface area (Å²) in [6.45, 7) is 0. The molecular formula is C3H4AgF3O2. The van der Waals surface area contributed by atoms with Gasteiger partial charge in [0.1, 0.15) is 0 Å². The van der Waals surface area contributed by atoms with E-state index in [-0.39, 0.29) is 29.8 Å². The molecule has 6 heteroatoms. The average molecular weight is 237 g/mol. The van der Waals surface area contributed by atoms with Crippen LogP contribution in [-0.4, -0.2) is 17.3 Å². The first-order chi connectivity index (χ1) is 2.94. The summed E-state index contributed by atoms with van der Waals surface area (Å²) in [4.78, 5) is 8.90. The Labute approximate surface area is 65.6 Å². The number of hydrogen-bond donors (Lipinski definition) is 1. The summed E-state index contributed by atoms with van der Waals surface area (Å²) in [6.07, 6.45) is -5.08. The van der Waals surface area contributed by atoms with Crippen LogP contribution in [0.5, 0.6) is 0 Å². The van der Waals surface area contributed by atoms with Gasteiger partial charge in [0.2, 0.25) is 0 Å². The van der Waals surface area contributed by atoms with Crippen molar-refractivity contribution in [3.63, 3.8) is 0 Å². The second-order valence-electron chi connectivity index (χ2n) is 0.803. The van der Waals surface area contributed by atoms with E-state index in [1.807, 2.05) is 0 Å². The quantitative estimate of drug-likeness (QED) is 0.505. The van der Waals surface area contributed by atoms with Gasteiger partial charge in [-0.3, -0.25) is 0 Å². The molecule has 0 heterocycles. The topological polar surface area (TPSA) is 37.3 Å². The van der Waals surface area contributed by atoms with E-state index in [1.54, 1.807) is 0 Å². The molecule has 0 radical (unpaired) electrons. The van der Waals surface area contributed by atoms with Crippen molar-refractivity contribution >= 4 is 5.97 Å². The van der Waals surface area contributed by atoms with Crippen molar-refractivity contribution in [3.8, 4) is 0 Å². The van der Waals surface area contributed by atoms with Crippen LogP contribution in [0.3, 0.4) is 0 Å². The van der Waals surface area contributed by atoms with Crippen LogP contribution < -0.4 is 0 Å². The standard InChI is InChI=1S/C2HF3O2.CH3.Ag/c3-2(4,5)1(6)7;;/h(H,6,7);1H3;/q;-1;+1. The number of rotatable bonds is 0. The number of carboxylic acid groups (broad SMARTS) is 1. The van der Waals surface area contributed by atoms with Crippen molar-refractivity contribution in [2.24, 2.45) is 0 Å². The van der Waals surface area contributed by atoms with Gasteiger partial charge in [-0.25, -0.2) is 4.79 Å². The molecule has 0 unspecified atom stereocenters. The summed E-state index contributed by atoms with van der Waals surface area (Å²) in [7, 11) is 0. The Kier molecular flexibility index (Phi) is 8.60. The molecule has 0 atom stereocenters. The zero-order chi connectivity index (χ0) is 6.08. The van der Waals surface area contributed by atoms with Crippen LogP contribution in [0.15, 0.2) is 0 Å². The third kappa shape index (κ3) is 8.00. The number of alkyl halides is 3. The third-order valence-corrected chi connectivity index (χ3v) is 0.243. The Morgan fingerprint density at radius 3 is 1.44 bits per heavy atom. The van der Waals surface area contributed by atoms with E-state index in [4.69, 9.17) is 9.90 Å². The number of aliphatic carboxylic acids is 1. The predicted octanol–water partition coefficient (Wildman–Crippen LogP) is 1.08. The number of halogens is 3. The van der Waals surface area contributed by atoms with Gasteiger partial charge in [0.25, 0.3) is 0 Å². The molecule has 0 aliphatic heterocycles. The van der Waals surface area contributed by atoms with Crippen molar-refractivity contribution in [1.82, 2.24) is 0 Å². The molecule has 0 saturated carbocycles. The van der Waals surface area contributed by atoms with Crippen molar-refractivity contribution in [2.45, 2.75) is 6.18 Å². The summed E-state index contributed by atoms with van der Waals surface area (Å²) in [5.74, 6) is -2.76. The van der Waals surface area contributed by atoms with Crippen LogP contribution in [0.2, 0.25) is 0 Å². The van der Waals surface area contributed by atoms with Gasteiger partial charge in [-0.15, -0.1) is 0 Å². The van der Waals surface area contributed by atoms with Gasteiger partial charge >= 0.3 is 34.5 Å². The Morgan fingerprint density at radius 2 is 1.44 bits per heavy atom. The van der Waals surface area contributed by atoms with E-state index in [9.17, 15) is 13.2 Å². The van der Waals surface area contributed by atoms with Gasteiger partial charge in [0, 0.05) is 0 Å². The molecule has 1 N–H and O–H groups in total. The molecule has 0 rings (SSSR count). The molecule has 0 aliphatic carbocycles. The fourth-order valence-electron chi connectivity index (χ4n) is 0. The van der Waals surface area contributed by atoms with Crippen LogP contribution >= 0.6 is 0 Å². The molecule has 0 bridgehead atoms. The van der Waals surface area contributed by atoms with Crippen molar-refractivity contribution in [1.29, 1.82) is 0 Å². The van der Waals surface area contributed by atoms with Crippen LogP contribution in [-0.2, 0) is 27.2 Å². The number of hydrogen-bond acceptors (Lipinski definition) is 1. The number of carboxylic acids is 1. The summed E-state index contributed by atoms with van der Waals surface area (Å²) in [5, 5.41) is 7.12. The maximum absolute atomic E-state index is 10.6. The Hall–Kier alpha value is 0.000260. The van der Waals surface area contributed by atoms with Gasteiger partial charge in [0.15, 0.2) is 0 Å². The van der Waals surface area contributed by atoms with E-state index in [2.05, 4.69) is 0 Å². The Bertz CT molecular complexity index is 89.5. The van der Waals surface area contributed by atoms with Crippen molar-refractivity contribution in [3.05, 3.63) is 7.43 Å². The molecule has 0 aliphatic rings. The van der Waals surface area contributed by atoms with Crippen LogP contribution in [0.1, 0.15) is 0 Å². The van der Waals surface area contributed by atoms with Crippen LogP contribution in [0, 0.1) is 7.43 Å². The summed E-state index contributed by atoms with van der Waals surface area (Å²) in [6, 6.07) is 0. The fourth-order valence-corrected chi connectivity index (χ4v) is 0. The monoisotopic (exact) mass is 236 g/mol. The first-order valence-electron chi connectivity index (χ1n) is 1.24. The third-order valence-electron chi connectivity index (χ3n) is 0.243. The first-order valence-corrected chi connectivity index (χ1v) is 1.24. The molecule has 60 valence electrons. The molecule has 0 fully saturated rings. The molecule has 0 aromatic carbocycles. The smallest absolute Gasteiger partial charge is 0.475 e. The minimum absolute atomic E-state index is 0. The molecule has 0 saturated heterocycles. The van der Waals surface area contributed by atoms with E-state index < -0.39 is 12.1 Å². The average Bonchev–Trinajstić information content (AvgIpc) is 1.31. The summed E-state index contributed by atoms with van der Waals surface area (Å²) in [5.41, 5.74) is 0. The molecule has 0 aromatic rings. The maximum atomic E-state index is 10.6. The molecule has 0 aromatic heterocycles. The second kappa shape index (κ2) is 4.84. The van der Waals surface area contributed by atoms with Crippen molar-refractivity contribution < 1.29 is 45.5 Å². The van der Waals surface area contributed by atoms with Gasteiger partial charge in [0.05, 0.1) is 0 Å². The van der Waals surface area contributed by atoms with Gasteiger partial charge < -0.3 is 12.5 Å². The Morgan fingerprint density at radius 1 is 1.33 bits per heavy atom. The van der Waals surface area contributed by atoms with Gasteiger partial charge in [-0.05, 0) is 0 Å². The van der Waals surface area contributed by atoms with Gasteiger partial charge in [-0.1, -0.05) is 0 Å². The van der Waals surface area contributed by atoms with E-state index >= 15 is 0 Å². The minimum atomic E-state index is -5.08. The molecule has 0 spiro atoms. The van der Waals surface area contributed by atoms with E-state index in [0.29, 0.717) is 0 Å². The van der Waals surface area contributed by atoms with E-state index in [0.717, 1.165) is 0 Å². The molecular weight excluding hydrogens is 233 g/mol. The zero-order valence-electron chi connectivity index (χ0n) is 4.29. The summed E-state index contributed by atoms with van der Waals surface area (Å²) >= 11 is 0. The maximum Gasteiger partial charge on any atom is 1.00 e. The predicted molar refractivity (Wildman–Crippen MR) is 20.1 cm³/mol. The minimum Gasteiger partial charge on any atom is -0.475 e. The molecule has 0 amide bonds.